The molecule has 0 spiro atoms. The zero-order valence-corrected chi connectivity index (χ0v) is 10.3. The van der Waals surface area contributed by atoms with Crippen LogP contribution in [0, 0.1) is 17.5 Å². The van der Waals surface area contributed by atoms with Gasteiger partial charge in [-0.3, -0.25) is 0 Å². The van der Waals surface area contributed by atoms with Gasteiger partial charge in [-0.1, -0.05) is 0 Å². The second kappa shape index (κ2) is 4.96. The lowest BCUT2D eigenvalue weighted by Crippen LogP contribution is -2.15. The summed E-state index contributed by atoms with van der Waals surface area (Å²) in [6, 6.07) is 6.89. The monoisotopic (exact) mass is 281 g/mol. The minimum absolute atomic E-state index is 0.152. The molecule has 1 heterocycles. The third-order valence-electron chi connectivity index (χ3n) is 2.86. The first-order valence-electron chi connectivity index (χ1n) is 5.95. The highest BCUT2D eigenvalue weighted by atomic mass is 19.2. The van der Waals surface area contributed by atoms with Crippen LogP contribution in [0.15, 0.2) is 30.3 Å². The molecule has 3 nitrogen and oxygen atoms in total. The van der Waals surface area contributed by atoms with Crippen molar-refractivity contribution >= 4 is 11.4 Å². The Hall–Kier alpha value is -2.37. The first-order chi connectivity index (χ1) is 9.65. The second-order valence-electron chi connectivity index (χ2n) is 4.21. The highest BCUT2D eigenvalue weighted by Gasteiger charge is 2.15. The van der Waals surface area contributed by atoms with Crippen LogP contribution in [0.1, 0.15) is 0 Å². The smallest absolute Gasteiger partial charge is 0.196 e. The van der Waals surface area contributed by atoms with Crippen LogP contribution in [0.25, 0.3) is 0 Å². The fourth-order valence-corrected chi connectivity index (χ4v) is 1.90. The lowest BCUT2D eigenvalue weighted by molar-refractivity contribution is 0.171. The molecule has 104 valence electrons. The Balaban J connectivity index is 1.90. The van der Waals surface area contributed by atoms with Crippen LogP contribution >= 0.6 is 0 Å². The van der Waals surface area contributed by atoms with Gasteiger partial charge in [0, 0.05) is 11.8 Å². The van der Waals surface area contributed by atoms with Gasteiger partial charge in [0.05, 0.1) is 5.69 Å². The summed E-state index contributed by atoms with van der Waals surface area (Å²) in [5.41, 5.74) is 0.333. The Bertz CT molecular complexity index is 661. The Kier molecular flexibility index (Phi) is 3.14. The summed E-state index contributed by atoms with van der Waals surface area (Å²) in [7, 11) is 0. The number of anilines is 2. The zero-order valence-electron chi connectivity index (χ0n) is 10.3. The molecule has 0 fully saturated rings. The maximum absolute atomic E-state index is 13.6. The van der Waals surface area contributed by atoms with E-state index in [0.29, 0.717) is 30.4 Å². The van der Waals surface area contributed by atoms with E-state index in [4.69, 9.17) is 9.47 Å². The normalized spacial score (nSPS) is 13.2. The molecule has 0 amide bonds. The molecule has 1 aliphatic heterocycles. The minimum Gasteiger partial charge on any atom is -0.486 e. The van der Waals surface area contributed by atoms with Gasteiger partial charge in [-0.05, 0) is 24.3 Å². The van der Waals surface area contributed by atoms with Crippen molar-refractivity contribution in [2.45, 2.75) is 0 Å². The van der Waals surface area contributed by atoms with Gasteiger partial charge in [0.2, 0.25) is 0 Å². The summed E-state index contributed by atoms with van der Waals surface area (Å²) in [4.78, 5) is 0. The third kappa shape index (κ3) is 2.24. The van der Waals surface area contributed by atoms with Crippen molar-refractivity contribution in [3.05, 3.63) is 47.8 Å². The van der Waals surface area contributed by atoms with Crippen LogP contribution in [0.4, 0.5) is 24.5 Å². The van der Waals surface area contributed by atoms with Gasteiger partial charge in [0.1, 0.15) is 13.2 Å². The van der Waals surface area contributed by atoms with Crippen LogP contribution in [0.3, 0.4) is 0 Å². The van der Waals surface area contributed by atoms with E-state index in [2.05, 4.69) is 5.32 Å². The van der Waals surface area contributed by atoms with Gasteiger partial charge < -0.3 is 14.8 Å². The lowest BCUT2D eigenvalue weighted by atomic mass is 10.2. The van der Waals surface area contributed by atoms with E-state index >= 15 is 0 Å². The van der Waals surface area contributed by atoms with E-state index in [1.165, 1.54) is 0 Å². The van der Waals surface area contributed by atoms with Crippen LogP contribution < -0.4 is 14.8 Å². The highest BCUT2D eigenvalue weighted by Crippen LogP contribution is 2.34. The van der Waals surface area contributed by atoms with E-state index < -0.39 is 17.5 Å². The van der Waals surface area contributed by atoms with Crippen molar-refractivity contribution in [2.75, 3.05) is 18.5 Å². The minimum atomic E-state index is -1.51. The van der Waals surface area contributed by atoms with E-state index in [1.54, 1.807) is 18.2 Å². The number of hydrogen-bond donors (Lipinski definition) is 1. The van der Waals surface area contributed by atoms with Crippen LogP contribution in [0.2, 0.25) is 0 Å². The number of fused-ring (bicyclic) bond motifs is 1. The van der Waals surface area contributed by atoms with Crippen molar-refractivity contribution < 1.29 is 22.6 Å². The summed E-state index contributed by atoms with van der Waals surface area (Å²) < 4.78 is 50.3. The molecule has 1 aliphatic rings. The van der Waals surface area contributed by atoms with Gasteiger partial charge in [-0.15, -0.1) is 0 Å². The van der Waals surface area contributed by atoms with E-state index in [9.17, 15) is 13.2 Å². The van der Waals surface area contributed by atoms with Crippen molar-refractivity contribution in [3.8, 4) is 11.5 Å². The van der Waals surface area contributed by atoms with Gasteiger partial charge in [-0.2, -0.15) is 0 Å². The summed E-state index contributed by atoms with van der Waals surface area (Å²) in [5.74, 6) is -2.89. The quantitative estimate of drug-likeness (QED) is 0.853. The molecular weight excluding hydrogens is 271 g/mol. The molecule has 1 N–H and O–H groups in total. The lowest BCUT2D eigenvalue weighted by Gasteiger charge is -2.19. The largest absolute Gasteiger partial charge is 0.486 e. The van der Waals surface area contributed by atoms with Crippen molar-refractivity contribution in [3.63, 3.8) is 0 Å². The molecule has 0 atom stereocenters. The highest BCUT2D eigenvalue weighted by molar-refractivity contribution is 5.64. The predicted molar refractivity (Wildman–Crippen MR) is 67.0 cm³/mol. The van der Waals surface area contributed by atoms with E-state index in [0.717, 1.165) is 12.1 Å². The Morgan fingerprint density at radius 1 is 0.850 bits per heavy atom. The maximum Gasteiger partial charge on any atom is 0.196 e. The number of rotatable bonds is 2. The predicted octanol–water partition coefficient (Wildman–Crippen LogP) is 3.62. The molecule has 2 aromatic rings. The zero-order chi connectivity index (χ0) is 14.1. The molecule has 0 saturated heterocycles. The molecular formula is C14H10F3NO2. The van der Waals surface area contributed by atoms with Crippen LogP contribution in [-0.4, -0.2) is 13.2 Å². The summed E-state index contributed by atoms with van der Waals surface area (Å²) in [6.45, 7) is 0.896. The molecule has 0 unspecified atom stereocenters. The Morgan fingerprint density at radius 3 is 2.40 bits per heavy atom. The first-order valence-corrected chi connectivity index (χ1v) is 5.95. The summed E-state index contributed by atoms with van der Waals surface area (Å²) in [6.07, 6.45) is 0. The van der Waals surface area contributed by atoms with Crippen LogP contribution in [-0.2, 0) is 0 Å². The third-order valence-corrected chi connectivity index (χ3v) is 2.86. The topological polar surface area (TPSA) is 30.5 Å². The van der Waals surface area contributed by atoms with E-state index in [-0.39, 0.29) is 5.69 Å². The SMILES string of the molecule is Fc1ccc(Nc2ccc3c(c2)OCCO3)c(F)c1F. The standard InChI is InChI=1S/C14H10F3NO2/c15-9-2-3-10(14(17)13(9)16)18-8-1-4-11-12(7-8)20-6-5-19-11/h1-4,7,18H,5-6H2. The molecule has 0 radical (unpaired) electrons. The van der Waals surface area contributed by atoms with Gasteiger partial charge >= 0.3 is 0 Å². The number of hydrogen-bond acceptors (Lipinski definition) is 3. The molecule has 0 aromatic heterocycles. The van der Waals surface area contributed by atoms with Gasteiger partial charge in [0.15, 0.2) is 29.0 Å². The molecule has 6 heteroatoms. The van der Waals surface area contributed by atoms with E-state index in [1.807, 2.05) is 0 Å². The second-order valence-corrected chi connectivity index (χ2v) is 4.21. The fourth-order valence-electron chi connectivity index (χ4n) is 1.90. The maximum atomic E-state index is 13.6. The molecule has 2 aromatic carbocycles. The Morgan fingerprint density at radius 2 is 1.60 bits per heavy atom. The van der Waals surface area contributed by atoms with Crippen molar-refractivity contribution in [1.82, 2.24) is 0 Å². The fraction of sp³-hybridized carbons (Fsp3) is 0.143. The number of benzene rings is 2. The molecule has 0 saturated carbocycles. The number of nitrogens with one attached hydrogen (secondary N) is 1. The average Bonchev–Trinajstić information content (AvgIpc) is 2.48. The molecule has 3 rings (SSSR count). The Labute approximate surface area is 112 Å². The van der Waals surface area contributed by atoms with Crippen molar-refractivity contribution in [2.24, 2.45) is 0 Å². The molecule has 0 aliphatic carbocycles. The molecule has 0 bridgehead atoms. The van der Waals surface area contributed by atoms with Gasteiger partial charge in [0.25, 0.3) is 0 Å². The first kappa shape index (κ1) is 12.7. The average molecular weight is 281 g/mol. The summed E-state index contributed by atoms with van der Waals surface area (Å²) >= 11 is 0. The number of ether oxygens (including phenoxy) is 2. The molecule has 20 heavy (non-hydrogen) atoms. The number of halogens is 3. The van der Waals surface area contributed by atoms with Gasteiger partial charge in [-0.25, -0.2) is 13.2 Å². The summed E-state index contributed by atoms with van der Waals surface area (Å²) in [5, 5.41) is 2.67. The van der Waals surface area contributed by atoms with Crippen LogP contribution in [0.5, 0.6) is 11.5 Å². The van der Waals surface area contributed by atoms with Crippen molar-refractivity contribution in [1.29, 1.82) is 0 Å².